The predicted octanol–water partition coefficient (Wildman–Crippen LogP) is 1.30. The van der Waals surface area contributed by atoms with E-state index in [-0.39, 0.29) is 17.9 Å². The minimum Gasteiger partial charge on any atom is -0.340 e. The summed E-state index contributed by atoms with van der Waals surface area (Å²) in [5, 5.41) is 0. The number of amides is 1. The summed E-state index contributed by atoms with van der Waals surface area (Å²) in [4.78, 5) is 17.0. The van der Waals surface area contributed by atoms with Crippen molar-refractivity contribution >= 4 is 5.91 Å². The lowest BCUT2D eigenvalue weighted by molar-refractivity contribution is -0.137. The molecule has 0 aromatic carbocycles. The molecule has 0 aromatic rings. The summed E-state index contributed by atoms with van der Waals surface area (Å²) in [7, 11) is 0. The van der Waals surface area contributed by atoms with Crippen LogP contribution in [0.3, 0.4) is 0 Å². The Morgan fingerprint density at radius 2 is 1.80 bits per heavy atom. The standard InChI is InChI=1S/C16H29N3O/c1-11(12(2)17)16(20)19-7-5-18(6-8-19)15-10-13-3-4-14(15)9-13/h11-15H,3-10,17H2,1-2H3. The molecule has 1 heterocycles. The molecule has 0 aromatic heterocycles. The lowest BCUT2D eigenvalue weighted by atomic mass is 9.93. The number of fused-ring (bicyclic) bond motifs is 2. The summed E-state index contributed by atoms with van der Waals surface area (Å²) in [5.41, 5.74) is 5.85. The minimum atomic E-state index is -0.0518. The molecule has 3 aliphatic rings. The maximum absolute atomic E-state index is 12.3. The van der Waals surface area contributed by atoms with E-state index < -0.39 is 0 Å². The highest BCUT2D eigenvalue weighted by molar-refractivity contribution is 5.79. The van der Waals surface area contributed by atoms with Gasteiger partial charge in [0.15, 0.2) is 0 Å². The van der Waals surface area contributed by atoms with Crippen LogP contribution >= 0.6 is 0 Å². The average molecular weight is 279 g/mol. The van der Waals surface area contributed by atoms with Crippen LogP contribution in [0.4, 0.5) is 0 Å². The number of nitrogens with two attached hydrogens (primary N) is 1. The largest absolute Gasteiger partial charge is 0.340 e. The second kappa shape index (κ2) is 5.64. The third kappa shape index (κ3) is 2.60. The lowest BCUT2D eigenvalue weighted by Gasteiger charge is -2.41. The molecule has 20 heavy (non-hydrogen) atoms. The molecule has 0 radical (unpaired) electrons. The molecule has 1 aliphatic heterocycles. The van der Waals surface area contributed by atoms with E-state index in [0.717, 1.165) is 44.1 Å². The molecule has 3 rings (SSSR count). The molecule has 1 amide bonds. The maximum Gasteiger partial charge on any atom is 0.227 e. The van der Waals surface area contributed by atoms with Crippen LogP contribution in [0, 0.1) is 17.8 Å². The third-order valence-corrected chi connectivity index (χ3v) is 5.97. The molecule has 2 N–H and O–H groups in total. The van der Waals surface area contributed by atoms with Crippen molar-refractivity contribution in [1.82, 2.24) is 9.80 Å². The molecule has 2 bridgehead atoms. The molecule has 114 valence electrons. The van der Waals surface area contributed by atoms with Gasteiger partial charge in [-0.05, 0) is 38.0 Å². The normalized spacial score (nSPS) is 37.1. The fourth-order valence-corrected chi connectivity index (χ4v) is 4.45. The number of rotatable bonds is 3. The third-order valence-electron chi connectivity index (χ3n) is 5.97. The van der Waals surface area contributed by atoms with E-state index in [4.69, 9.17) is 5.73 Å². The van der Waals surface area contributed by atoms with Crippen molar-refractivity contribution < 1.29 is 4.79 Å². The Morgan fingerprint density at radius 1 is 1.10 bits per heavy atom. The topological polar surface area (TPSA) is 49.6 Å². The van der Waals surface area contributed by atoms with Gasteiger partial charge in [-0.3, -0.25) is 9.69 Å². The van der Waals surface area contributed by atoms with Gasteiger partial charge >= 0.3 is 0 Å². The summed E-state index contributed by atoms with van der Waals surface area (Å²) in [6, 6.07) is 0.767. The van der Waals surface area contributed by atoms with Crippen LogP contribution in [0.25, 0.3) is 0 Å². The Morgan fingerprint density at radius 3 is 2.30 bits per heavy atom. The van der Waals surface area contributed by atoms with Gasteiger partial charge in [0.1, 0.15) is 0 Å². The van der Waals surface area contributed by atoms with E-state index in [9.17, 15) is 4.79 Å². The second-order valence-electron chi connectivity index (χ2n) is 7.25. The molecule has 4 nitrogen and oxygen atoms in total. The van der Waals surface area contributed by atoms with Gasteiger partial charge in [-0.25, -0.2) is 0 Å². The zero-order valence-corrected chi connectivity index (χ0v) is 12.9. The van der Waals surface area contributed by atoms with Crippen LogP contribution in [0.5, 0.6) is 0 Å². The van der Waals surface area contributed by atoms with Gasteiger partial charge in [0.2, 0.25) is 5.91 Å². The number of nitrogens with zero attached hydrogens (tertiary/aromatic N) is 2. The molecule has 0 spiro atoms. The Labute approximate surface area is 122 Å². The van der Waals surface area contributed by atoms with Crippen LogP contribution in [0.2, 0.25) is 0 Å². The van der Waals surface area contributed by atoms with Crippen molar-refractivity contribution in [1.29, 1.82) is 0 Å². The highest BCUT2D eigenvalue weighted by Crippen LogP contribution is 2.46. The molecular weight excluding hydrogens is 250 g/mol. The molecule has 2 aliphatic carbocycles. The van der Waals surface area contributed by atoms with Crippen LogP contribution in [-0.4, -0.2) is 54.0 Å². The van der Waals surface area contributed by atoms with Crippen molar-refractivity contribution in [2.75, 3.05) is 26.2 Å². The van der Waals surface area contributed by atoms with Crippen molar-refractivity contribution in [3.8, 4) is 0 Å². The van der Waals surface area contributed by atoms with Gasteiger partial charge < -0.3 is 10.6 Å². The Hall–Kier alpha value is -0.610. The summed E-state index contributed by atoms with van der Waals surface area (Å²) in [5.74, 6) is 2.14. The number of carbonyl (C=O) groups excluding carboxylic acids is 1. The minimum absolute atomic E-state index is 0.0499. The van der Waals surface area contributed by atoms with Gasteiger partial charge in [0, 0.05) is 38.3 Å². The Balaban J connectivity index is 1.51. The first-order chi connectivity index (χ1) is 9.56. The van der Waals surface area contributed by atoms with Crippen molar-refractivity contribution in [2.45, 2.75) is 51.6 Å². The molecule has 5 atom stereocenters. The fourth-order valence-electron chi connectivity index (χ4n) is 4.45. The highest BCUT2D eigenvalue weighted by atomic mass is 16.2. The van der Waals surface area contributed by atoms with Crippen LogP contribution < -0.4 is 5.73 Å². The van der Waals surface area contributed by atoms with Crippen molar-refractivity contribution in [2.24, 2.45) is 23.5 Å². The molecule has 5 unspecified atom stereocenters. The number of hydrogen-bond donors (Lipinski definition) is 1. The molecule has 1 saturated heterocycles. The quantitative estimate of drug-likeness (QED) is 0.847. The van der Waals surface area contributed by atoms with Gasteiger partial charge in [-0.2, -0.15) is 0 Å². The molecule has 2 saturated carbocycles. The van der Waals surface area contributed by atoms with Crippen LogP contribution in [0.1, 0.15) is 39.5 Å². The van der Waals surface area contributed by atoms with Gasteiger partial charge in [-0.1, -0.05) is 13.3 Å². The van der Waals surface area contributed by atoms with E-state index >= 15 is 0 Å². The fraction of sp³-hybridized carbons (Fsp3) is 0.938. The van der Waals surface area contributed by atoms with Crippen LogP contribution in [0.15, 0.2) is 0 Å². The van der Waals surface area contributed by atoms with Gasteiger partial charge in [0.05, 0.1) is 5.92 Å². The van der Waals surface area contributed by atoms with E-state index in [1.807, 2.05) is 18.7 Å². The van der Waals surface area contributed by atoms with E-state index in [1.54, 1.807) is 0 Å². The van der Waals surface area contributed by atoms with E-state index in [1.165, 1.54) is 25.7 Å². The first kappa shape index (κ1) is 14.3. The predicted molar refractivity (Wildman–Crippen MR) is 80.2 cm³/mol. The van der Waals surface area contributed by atoms with Crippen LogP contribution in [-0.2, 0) is 4.79 Å². The SMILES string of the molecule is CC(N)C(C)C(=O)N1CCN(C2CC3CCC2C3)CC1. The summed E-state index contributed by atoms with van der Waals surface area (Å²) in [6.45, 7) is 7.79. The maximum atomic E-state index is 12.3. The van der Waals surface area contributed by atoms with Gasteiger partial charge in [-0.15, -0.1) is 0 Å². The highest BCUT2D eigenvalue weighted by Gasteiger charge is 2.43. The van der Waals surface area contributed by atoms with E-state index in [0.29, 0.717) is 0 Å². The van der Waals surface area contributed by atoms with Crippen molar-refractivity contribution in [3.05, 3.63) is 0 Å². The van der Waals surface area contributed by atoms with Gasteiger partial charge in [0.25, 0.3) is 0 Å². The average Bonchev–Trinajstić information content (AvgIpc) is 3.08. The van der Waals surface area contributed by atoms with E-state index in [2.05, 4.69) is 4.90 Å². The molecule has 3 fully saturated rings. The monoisotopic (exact) mass is 279 g/mol. The zero-order chi connectivity index (χ0) is 14.3. The number of carbonyl (C=O) groups is 1. The lowest BCUT2D eigenvalue weighted by Crippen LogP contribution is -2.55. The first-order valence-electron chi connectivity index (χ1n) is 8.34. The molecular formula is C16H29N3O. The summed E-state index contributed by atoms with van der Waals surface area (Å²) in [6.07, 6.45) is 5.78. The smallest absolute Gasteiger partial charge is 0.227 e. The molecule has 4 heteroatoms. The Bertz CT molecular complexity index is 363. The zero-order valence-electron chi connectivity index (χ0n) is 12.9. The summed E-state index contributed by atoms with van der Waals surface area (Å²) >= 11 is 0. The van der Waals surface area contributed by atoms with Crippen molar-refractivity contribution in [3.63, 3.8) is 0 Å². The first-order valence-corrected chi connectivity index (χ1v) is 8.34. The number of piperazine rings is 1. The Kier molecular flexibility index (Phi) is 4.04. The number of hydrogen-bond acceptors (Lipinski definition) is 3. The second-order valence-corrected chi connectivity index (χ2v) is 7.25. The summed E-state index contributed by atoms with van der Waals surface area (Å²) < 4.78 is 0.